The van der Waals surface area contributed by atoms with Gasteiger partial charge in [0.15, 0.2) is 0 Å². The predicted octanol–water partition coefficient (Wildman–Crippen LogP) is 2.17. The number of nitrogens with zero attached hydrogens (tertiary/aromatic N) is 1. The van der Waals surface area contributed by atoms with Crippen molar-refractivity contribution in [3.8, 4) is 0 Å². The third-order valence-corrected chi connectivity index (χ3v) is 6.00. The highest BCUT2D eigenvalue weighted by Crippen LogP contribution is 2.35. The molecule has 0 saturated heterocycles. The van der Waals surface area contributed by atoms with Gasteiger partial charge >= 0.3 is 0 Å². The average molecular weight is 399 g/mol. The number of carbonyl (C=O) groups is 1. The summed E-state index contributed by atoms with van der Waals surface area (Å²) in [7, 11) is 0. The first-order valence-corrected chi connectivity index (χ1v) is 9.79. The molecule has 2 atom stereocenters. The third-order valence-electron chi connectivity index (χ3n) is 4.85. The fraction of sp³-hybridized carbons (Fsp3) is 0.611. The van der Waals surface area contributed by atoms with Crippen molar-refractivity contribution >= 4 is 39.9 Å². The Morgan fingerprint density at radius 1 is 1.50 bits per heavy atom. The van der Waals surface area contributed by atoms with Crippen LogP contribution in [0.3, 0.4) is 0 Å². The van der Waals surface area contributed by atoms with Crippen molar-refractivity contribution in [2.45, 2.75) is 46.0 Å². The smallest absolute Gasteiger partial charge is 0.259 e. The van der Waals surface area contributed by atoms with Crippen LogP contribution in [0.1, 0.15) is 43.0 Å². The van der Waals surface area contributed by atoms with Gasteiger partial charge in [-0.3, -0.25) is 9.59 Å². The van der Waals surface area contributed by atoms with E-state index in [0.717, 1.165) is 29.5 Å². The zero-order valence-corrected chi connectivity index (χ0v) is 16.9. The van der Waals surface area contributed by atoms with Crippen molar-refractivity contribution in [3.05, 3.63) is 26.6 Å². The molecule has 4 N–H and O–H groups in total. The van der Waals surface area contributed by atoms with E-state index in [0.29, 0.717) is 37.7 Å². The highest BCUT2D eigenvalue weighted by Gasteiger charge is 2.23. The highest BCUT2D eigenvalue weighted by atomic mass is 35.5. The zero-order valence-electron chi connectivity index (χ0n) is 15.3. The van der Waals surface area contributed by atoms with E-state index in [1.54, 1.807) is 11.3 Å². The largest absolute Gasteiger partial charge is 0.356 e. The average Bonchev–Trinajstić information content (AvgIpc) is 2.95. The van der Waals surface area contributed by atoms with E-state index in [4.69, 9.17) is 5.73 Å². The van der Waals surface area contributed by atoms with Gasteiger partial charge in [0.2, 0.25) is 5.91 Å². The topological polar surface area (TPSA) is 101 Å². The van der Waals surface area contributed by atoms with Gasteiger partial charge in [0, 0.05) is 24.3 Å². The lowest BCUT2D eigenvalue weighted by Gasteiger charge is -2.17. The standard InChI is InChI=1S/C18H26N4O2S.ClH/c1-10-3-4-12-13(7-10)25-18-16(12)17(24)21-14(22-18)5-6-15(23)20-9-11(2)8-19;/h10-11H,3-9,19H2,1-2H3,(H,20,23)(H,21,22,24);1H. The fourth-order valence-electron chi connectivity index (χ4n) is 3.20. The van der Waals surface area contributed by atoms with E-state index < -0.39 is 0 Å². The molecule has 0 aromatic carbocycles. The predicted molar refractivity (Wildman–Crippen MR) is 108 cm³/mol. The van der Waals surface area contributed by atoms with Gasteiger partial charge in [-0.05, 0) is 43.2 Å². The lowest BCUT2D eigenvalue weighted by molar-refractivity contribution is -0.121. The maximum atomic E-state index is 12.5. The number of amides is 1. The SMILES string of the molecule is CC(CN)CNC(=O)CCc1nc2sc3c(c2c(=O)[nH]1)CCC(C)C3.Cl. The number of rotatable bonds is 6. The van der Waals surface area contributed by atoms with Crippen LogP contribution in [0.15, 0.2) is 4.79 Å². The number of halogens is 1. The molecule has 0 spiro atoms. The maximum absolute atomic E-state index is 12.5. The molecule has 2 heterocycles. The summed E-state index contributed by atoms with van der Waals surface area (Å²) in [5, 5.41) is 3.62. The summed E-state index contributed by atoms with van der Waals surface area (Å²) in [5.41, 5.74) is 6.66. The minimum atomic E-state index is -0.0655. The van der Waals surface area contributed by atoms with Gasteiger partial charge in [0.25, 0.3) is 5.56 Å². The molecule has 0 aliphatic heterocycles. The maximum Gasteiger partial charge on any atom is 0.259 e. The Labute approximate surface area is 163 Å². The number of thiophene rings is 1. The Balaban J connectivity index is 0.00000243. The Kier molecular flexibility index (Phi) is 7.20. The summed E-state index contributed by atoms with van der Waals surface area (Å²) in [4.78, 5) is 34.0. The Bertz CT molecular complexity index is 832. The molecule has 2 unspecified atom stereocenters. The van der Waals surface area contributed by atoms with Crippen molar-refractivity contribution in [1.29, 1.82) is 0 Å². The normalized spacial score (nSPS) is 17.4. The molecule has 26 heavy (non-hydrogen) atoms. The van der Waals surface area contributed by atoms with Gasteiger partial charge in [-0.15, -0.1) is 23.7 Å². The summed E-state index contributed by atoms with van der Waals surface area (Å²) in [6, 6.07) is 0. The van der Waals surface area contributed by atoms with Crippen LogP contribution in [0, 0.1) is 11.8 Å². The van der Waals surface area contributed by atoms with Gasteiger partial charge in [-0.2, -0.15) is 0 Å². The highest BCUT2D eigenvalue weighted by molar-refractivity contribution is 7.18. The number of hydrogen-bond donors (Lipinski definition) is 3. The van der Waals surface area contributed by atoms with Crippen LogP contribution in [0.2, 0.25) is 0 Å². The van der Waals surface area contributed by atoms with Crippen LogP contribution in [-0.2, 0) is 24.1 Å². The van der Waals surface area contributed by atoms with E-state index in [1.807, 2.05) is 6.92 Å². The Morgan fingerprint density at radius 2 is 2.27 bits per heavy atom. The van der Waals surface area contributed by atoms with Crippen LogP contribution in [-0.4, -0.2) is 29.0 Å². The fourth-order valence-corrected chi connectivity index (χ4v) is 4.61. The lowest BCUT2D eigenvalue weighted by atomic mass is 9.89. The van der Waals surface area contributed by atoms with Crippen molar-refractivity contribution in [1.82, 2.24) is 15.3 Å². The molecule has 8 heteroatoms. The first kappa shape index (κ1) is 20.9. The van der Waals surface area contributed by atoms with E-state index >= 15 is 0 Å². The second kappa shape index (κ2) is 8.97. The van der Waals surface area contributed by atoms with Crippen molar-refractivity contribution in [2.75, 3.05) is 13.1 Å². The molecule has 0 bridgehead atoms. The van der Waals surface area contributed by atoms with E-state index in [-0.39, 0.29) is 29.8 Å². The second-order valence-electron chi connectivity index (χ2n) is 7.19. The van der Waals surface area contributed by atoms with Crippen molar-refractivity contribution in [2.24, 2.45) is 17.6 Å². The Hall–Kier alpha value is -1.44. The van der Waals surface area contributed by atoms with Crippen LogP contribution < -0.4 is 16.6 Å². The van der Waals surface area contributed by atoms with E-state index in [2.05, 4.69) is 22.2 Å². The van der Waals surface area contributed by atoms with Gasteiger partial charge in [-0.1, -0.05) is 13.8 Å². The molecular formula is C18H27ClN4O2S. The number of carbonyl (C=O) groups excluding carboxylic acids is 1. The molecule has 1 amide bonds. The van der Waals surface area contributed by atoms with Gasteiger partial charge in [0.1, 0.15) is 10.7 Å². The summed E-state index contributed by atoms with van der Waals surface area (Å²) < 4.78 is 0. The van der Waals surface area contributed by atoms with Gasteiger partial charge in [0.05, 0.1) is 5.39 Å². The monoisotopic (exact) mass is 398 g/mol. The van der Waals surface area contributed by atoms with Crippen LogP contribution in [0.25, 0.3) is 10.2 Å². The number of hydrogen-bond acceptors (Lipinski definition) is 5. The number of aromatic amines is 1. The molecule has 0 saturated carbocycles. The first-order chi connectivity index (χ1) is 12.0. The molecule has 3 rings (SSSR count). The molecule has 6 nitrogen and oxygen atoms in total. The molecular weight excluding hydrogens is 372 g/mol. The summed E-state index contributed by atoms with van der Waals surface area (Å²) >= 11 is 1.64. The van der Waals surface area contributed by atoms with Crippen molar-refractivity contribution in [3.63, 3.8) is 0 Å². The van der Waals surface area contributed by atoms with E-state index in [1.165, 1.54) is 10.4 Å². The second-order valence-corrected chi connectivity index (χ2v) is 8.27. The van der Waals surface area contributed by atoms with Gasteiger partial charge in [-0.25, -0.2) is 4.98 Å². The minimum absolute atomic E-state index is 0. The molecule has 144 valence electrons. The number of H-pyrrole nitrogens is 1. The van der Waals surface area contributed by atoms with Crippen LogP contribution >= 0.6 is 23.7 Å². The van der Waals surface area contributed by atoms with Crippen LogP contribution in [0.5, 0.6) is 0 Å². The number of nitrogens with one attached hydrogen (secondary N) is 2. The quantitative estimate of drug-likeness (QED) is 0.694. The van der Waals surface area contributed by atoms with Crippen molar-refractivity contribution < 1.29 is 4.79 Å². The Morgan fingerprint density at radius 3 is 3.00 bits per heavy atom. The van der Waals surface area contributed by atoms with Gasteiger partial charge < -0.3 is 16.0 Å². The molecule has 2 aromatic heterocycles. The summed E-state index contributed by atoms with van der Waals surface area (Å²) in [5.74, 6) is 1.48. The lowest BCUT2D eigenvalue weighted by Crippen LogP contribution is -2.31. The molecule has 1 aliphatic rings. The zero-order chi connectivity index (χ0) is 18.0. The molecule has 0 fully saturated rings. The van der Waals surface area contributed by atoms with E-state index in [9.17, 15) is 9.59 Å². The molecule has 2 aromatic rings. The number of aryl methyl sites for hydroxylation is 2. The summed E-state index contributed by atoms with van der Waals surface area (Å²) in [6.45, 7) is 5.37. The molecule has 0 radical (unpaired) electrons. The summed E-state index contributed by atoms with van der Waals surface area (Å²) in [6.07, 6.45) is 3.87. The number of fused-ring (bicyclic) bond motifs is 3. The van der Waals surface area contributed by atoms with Crippen LogP contribution in [0.4, 0.5) is 0 Å². The molecule has 1 aliphatic carbocycles. The third kappa shape index (κ3) is 4.64. The number of aromatic nitrogens is 2. The first-order valence-electron chi connectivity index (χ1n) is 8.98. The minimum Gasteiger partial charge on any atom is -0.356 e. The number of nitrogens with two attached hydrogens (primary N) is 1.